The molecule has 0 heterocycles. The number of phosphoric acid groups is 2. The second-order valence-corrected chi connectivity index (χ2v) is 29.1. The molecule has 0 bridgehead atoms. The third-order valence-corrected chi connectivity index (χ3v) is 18.9. The van der Waals surface area contributed by atoms with Crippen LogP contribution in [0, 0.1) is 5.92 Å². The highest BCUT2D eigenvalue weighted by molar-refractivity contribution is 7.47. The number of ether oxygens (including phenoxy) is 4. The smallest absolute Gasteiger partial charge is 0.462 e. The van der Waals surface area contributed by atoms with Crippen molar-refractivity contribution in [2.24, 2.45) is 5.92 Å². The fourth-order valence-electron chi connectivity index (χ4n) is 10.8. The molecule has 0 rings (SSSR count). The molecule has 0 fully saturated rings. The normalized spacial score (nSPS) is 14.5. The number of aliphatic hydroxyl groups is 1. The van der Waals surface area contributed by atoms with Crippen LogP contribution >= 0.6 is 15.6 Å². The lowest BCUT2D eigenvalue weighted by atomic mass is 9.99. The molecule has 0 aliphatic carbocycles. The van der Waals surface area contributed by atoms with Crippen LogP contribution in [0.1, 0.15) is 362 Å². The Kier molecular flexibility index (Phi) is 65.0. The fourth-order valence-corrected chi connectivity index (χ4v) is 12.4. The van der Waals surface area contributed by atoms with Gasteiger partial charge in [0.15, 0.2) is 12.2 Å². The van der Waals surface area contributed by atoms with Crippen LogP contribution in [0.15, 0.2) is 24.3 Å². The van der Waals surface area contributed by atoms with E-state index in [1.807, 2.05) is 0 Å². The highest BCUT2D eigenvalue weighted by Gasteiger charge is 2.30. The van der Waals surface area contributed by atoms with E-state index in [-0.39, 0.29) is 25.7 Å². The van der Waals surface area contributed by atoms with E-state index < -0.39 is 97.5 Å². The first kappa shape index (κ1) is 90.5. The second-order valence-electron chi connectivity index (χ2n) is 26.2. The van der Waals surface area contributed by atoms with Gasteiger partial charge in [-0.25, -0.2) is 9.13 Å². The minimum absolute atomic E-state index is 0.0852. The molecule has 0 aromatic rings. The van der Waals surface area contributed by atoms with Crippen molar-refractivity contribution in [3.8, 4) is 0 Å². The molecule has 548 valence electrons. The minimum atomic E-state index is -4.96. The molecule has 0 aliphatic rings. The minimum Gasteiger partial charge on any atom is -0.462 e. The summed E-state index contributed by atoms with van der Waals surface area (Å²) in [6.07, 6.45) is 57.4. The number of allylic oxidation sites excluding steroid dienone is 4. The summed E-state index contributed by atoms with van der Waals surface area (Å²) in [7, 11) is -9.92. The van der Waals surface area contributed by atoms with Crippen molar-refractivity contribution < 1.29 is 80.2 Å². The predicted molar refractivity (Wildman–Crippen MR) is 377 cm³/mol. The highest BCUT2D eigenvalue weighted by Crippen LogP contribution is 2.45. The molecule has 0 aliphatic heterocycles. The molecule has 93 heavy (non-hydrogen) atoms. The number of rotatable bonds is 72. The van der Waals surface area contributed by atoms with Crippen molar-refractivity contribution in [2.75, 3.05) is 39.6 Å². The topological polar surface area (TPSA) is 237 Å². The van der Waals surface area contributed by atoms with Crippen LogP contribution < -0.4 is 0 Å². The summed E-state index contributed by atoms with van der Waals surface area (Å²) in [5.74, 6) is -1.34. The van der Waals surface area contributed by atoms with E-state index in [2.05, 4.69) is 58.9 Å². The summed E-state index contributed by atoms with van der Waals surface area (Å²) in [5, 5.41) is 10.6. The summed E-state index contributed by atoms with van der Waals surface area (Å²) >= 11 is 0. The van der Waals surface area contributed by atoms with Gasteiger partial charge >= 0.3 is 39.5 Å². The predicted octanol–water partition coefficient (Wildman–Crippen LogP) is 21.2. The zero-order valence-corrected chi connectivity index (χ0v) is 61.7. The molecular weight excluding hydrogens is 1220 g/mol. The Balaban J connectivity index is 5.30. The molecule has 3 unspecified atom stereocenters. The third-order valence-electron chi connectivity index (χ3n) is 17.0. The van der Waals surface area contributed by atoms with Crippen LogP contribution in [0.5, 0.6) is 0 Å². The fraction of sp³-hybridized carbons (Fsp3) is 0.892. The van der Waals surface area contributed by atoms with Crippen LogP contribution in [0.2, 0.25) is 0 Å². The lowest BCUT2D eigenvalue weighted by Gasteiger charge is -2.21. The van der Waals surface area contributed by atoms with Gasteiger partial charge in [0.25, 0.3) is 0 Å². The molecule has 0 amide bonds. The molecule has 3 N–H and O–H groups in total. The SMILES string of the molecule is CCCCCC/C=C\C=C/CCCCCCCC(=O)O[C@H](COC(=O)CCCCCCCCCCCCC(C)CC)COP(=O)(O)OC[C@@H](O)COP(=O)(O)OC[C@@H](COC(=O)CCCCCCCCCCCCCC)OC(=O)CCCCCCCCCCCCCC. The average Bonchev–Trinajstić information content (AvgIpc) is 2.87. The van der Waals surface area contributed by atoms with E-state index in [4.69, 9.17) is 37.0 Å². The number of phosphoric ester groups is 2. The van der Waals surface area contributed by atoms with Crippen molar-refractivity contribution in [3.63, 3.8) is 0 Å². The molecule has 0 spiro atoms. The lowest BCUT2D eigenvalue weighted by molar-refractivity contribution is -0.161. The quantitative estimate of drug-likeness (QED) is 0.0169. The summed E-state index contributed by atoms with van der Waals surface area (Å²) in [6, 6.07) is 0. The number of unbranched alkanes of at least 4 members (excludes halogenated alkanes) is 40. The maximum atomic E-state index is 13.1. The van der Waals surface area contributed by atoms with Crippen molar-refractivity contribution in [1.29, 1.82) is 0 Å². The van der Waals surface area contributed by atoms with Crippen LogP contribution in [0.3, 0.4) is 0 Å². The summed E-state index contributed by atoms with van der Waals surface area (Å²) in [6.45, 7) is 7.24. The second kappa shape index (κ2) is 66.8. The largest absolute Gasteiger partial charge is 0.472 e. The van der Waals surface area contributed by atoms with Crippen molar-refractivity contribution >= 4 is 39.5 Å². The van der Waals surface area contributed by atoms with E-state index >= 15 is 0 Å². The number of hydrogen-bond donors (Lipinski definition) is 3. The molecule has 17 nitrogen and oxygen atoms in total. The van der Waals surface area contributed by atoms with Crippen molar-refractivity contribution in [3.05, 3.63) is 24.3 Å². The molecule has 19 heteroatoms. The van der Waals surface area contributed by atoms with Crippen LogP contribution in [-0.2, 0) is 65.4 Å². The van der Waals surface area contributed by atoms with Crippen LogP contribution in [0.25, 0.3) is 0 Å². The van der Waals surface area contributed by atoms with Gasteiger partial charge < -0.3 is 33.8 Å². The number of carbonyl (C=O) groups excluding carboxylic acids is 4. The molecule has 6 atom stereocenters. The summed E-state index contributed by atoms with van der Waals surface area (Å²) < 4.78 is 68.4. The van der Waals surface area contributed by atoms with E-state index in [1.165, 1.54) is 173 Å². The number of hydrogen-bond acceptors (Lipinski definition) is 15. The Bertz CT molecular complexity index is 1880. The van der Waals surface area contributed by atoms with E-state index in [0.29, 0.717) is 25.7 Å². The number of esters is 4. The van der Waals surface area contributed by atoms with Gasteiger partial charge in [0, 0.05) is 25.7 Å². The number of carbonyl (C=O) groups is 4. The zero-order valence-electron chi connectivity index (χ0n) is 59.9. The average molecular weight is 1360 g/mol. The Labute approximate surface area is 567 Å². The van der Waals surface area contributed by atoms with Gasteiger partial charge in [0.05, 0.1) is 26.4 Å². The monoisotopic (exact) mass is 1360 g/mol. The van der Waals surface area contributed by atoms with Gasteiger partial charge in [-0.05, 0) is 57.3 Å². The molecule has 0 aromatic heterocycles. The van der Waals surface area contributed by atoms with Gasteiger partial charge in [0.1, 0.15) is 19.3 Å². The Morgan fingerprint density at radius 1 is 0.344 bits per heavy atom. The van der Waals surface area contributed by atoms with Crippen LogP contribution in [-0.4, -0.2) is 96.7 Å². The van der Waals surface area contributed by atoms with Gasteiger partial charge in [-0.1, -0.05) is 309 Å². The van der Waals surface area contributed by atoms with Gasteiger partial charge in [-0.15, -0.1) is 0 Å². The first-order valence-corrected chi connectivity index (χ1v) is 41.0. The molecular formula is C74H140O17P2. The Morgan fingerprint density at radius 2 is 0.602 bits per heavy atom. The van der Waals surface area contributed by atoms with Crippen molar-refractivity contribution in [1.82, 2.24) is 0 Å². The van der Waals surface area contributed by atoms with Gasteiger partial charge in [-0.2, -0.15) is 0 Å². The van der Waals surface area contributed by atoms with Crippen molar-refractivity contribution in [2.45, 2.75) is 380 Å². The molecule has 0 saturated heterocycles. The molecule has 0 aromatic carbocycles. The Morgan fingerprint density at radius 3 is 0.914 bits per heavy atom. The van der Waals surface area contributed by atoms with E-state index in [0.717, 1.165) is 109 Å². The van der Waals surface area contributed by atoms with Gasteiger partial charge in [-0.3, -0.25) is 37.3 Å². The first-order chi connectivity index (χ1) is 45.1. The third kappa shape index (κ3) is 66.6. The summed E-state index contributed by atoms with van der Waals surface area (Å²) in [5.41, 5.74) is 0. The van der Waals surface area contributed by atoms with E-state index in [1.54, 1.807) is 0 Å². The molecule has 0 radical (unpaired) electrons. The highest BCUT2D eigenvalue weighted by atomic mass is 31.2. The Hall–Kier alpha value is -2.46. The standard InChI is InChI=1S/C74H140O17P2/c1-6-10-13-16-19-22-25-28-29-30-33-40-45-50-55-60-74(79)91-70(64-85-72(77)58-53-48-43-38-35-34-36-41-46-51-56-67(5)9-4)66-89-93(82,83)87-62-68(75)61-86-92(80,81)88-65-69(90-73(78)59-54-49-44-39-32-27-24-21-18-15-12-8-3)63-84-71(76)57-52-47-42-37-31-26-23-20-17-14-11-7-2/h22,25,28-29,67-70,75H,6-21,23-24,26-27,30-66H2,1-5H3,(H,80,81)(H,82,83)/b25-22-,29-28-/t67?,68-,69+,70+/m0/s1. The number of aliphatic hydroxyl groups excluding tert-OH is 1. The molecule has 0 saturated carbocycles. The maximum Gasteiger partial charge on any atom is 0.472 e. The lowest BCUT2D eigenvalue weighted by Crippen LogP contribution is -2.30. The van der Waals surface area contributed by atoms with Crippen LogP contribution in [0.4, 0.5) is 0 Å². The summed E-state index contributed by atoms with van der Waals surface area (Å²) in [4.78, 5) is 72.7. The maximum absolute atomic E-state index is 13.1. The van der Waals surface area contributed by atoms with Gasteiger partial charge in [0.2, 0.25) is 0 Å². The van der Waals surface area contributed by atoms with E-state index in [9.17, 15) is 43.2 Å². The zero-order chi connectivity index (χ0) is 68.4. The first-order valence-electron chi connectivity index (χ1n) is 38.0.